The summed E-state index contributed by atoms with van der Waals surface area (Å²) in [5, 5.41) is 18.2. The minimum Gasteiger partial charge on any atom is -0.339 e. The summed E-state index contributed by atoms with van der Waals surface area (Å²) in [5.41, 5.74) is 0.373. The number of rotatable bonds is 3. The molecule has 0 spiro atoms. The summed E-state index contributed by atoms with van der Waals surface area (Å²) in [5.74, 6) is 1.01. The molecule has 0 saturated carbocycles. The zero-order valence-corrected chi connectivity index (χ0v) is 10.8. The molecule has 1 aromatic heterocycles. The van der Waals surface area contributed by atoms with Crippen LogP contribution in [-0.4, -0.2) is 28.2 Å². The van der Waals surface area contributed by atoms with E-state index in [4.69, 9.17) is 4.52 Å². The van der Waals surface area contributed by atoms with Crippen molar-refractivity contribution in [2.75, 3.05) is 13.1 Å². The number of aromatic nitrogens is 2. The predicted molar refractivity (Wildman–Crippen MR) is 71.2 cm³/mol. The van der Waals surface area contributed by atoms with Crippen LogP contribution < -0.4 is 5.32 Å². The number of piperidine rings is 1. The Balaban J connectivity index is 1.92. The van der Waals surface area contributed by atoms with Crippen LogP contribution in [0.15, 0.2) is 28.8 Å². The molecule has 0 aliphatic carbocycles. The molecule has 1 saturated heterocycles. The lowest BCUT2D eigenvalue weighted by atomic mass is 10.00. The summed E-state index contributed by atoms with van der Waals surface area (Å²) in [6, 6.07) is 6.41. The van der Waals surface area contributed by atoms with Gasteiger partial charge in [0.05, 0.1) is 10.8 Å². The molecule has 1 unspecified atom stereocenters. The Morgan fingerprint density at radius 1 is 1.40 bits per heavy atom. The fourth-order valence-corrected chi connectivity index (χ4v) is 2.39. The van der Waals surface area contributed by atoms with Crippen molar-refractivity contribution in [3.8, 4) is 11.4 Å². The minimum absolute atomic E-state index is 0.0124. The van der Waals surface area contributed by atoms with E-state index in [1.807, 2.05) is 0 Å². The van der Waals surface area contributed by atoms with Crippen LogP contribution in [0.2, 0.25) is 0 Å². The molecule has 1 N–H and O–H groups in total. The van der Waals surface area contributed by atoms with Gasteiger partial charge in [-0.05, 0) is 25.5 Å². The van der Waals surface area contributed by atoms with Crippen molar-refractivity contribution >= 4 is 5.69 Å². The molecule has 2 heterocycles. The second-order valence-electron chi connectivity index (χ2n) is 4.77. The molecule has 7 nitrogen and oxygen atoms in total. The van der Waals surface area contributed by atoms with Gasteiger partial charge in [-0.2, -0.15) is 4.98 Å². The molecule has 0 bridgehead atoms. The van der Waals surface area contributed by atoms with Crippen molar-refractivity contribution in [3.05, 3.63) is 40.3 Å². The van der Waals surface area contributed by atoms with E-state index in [1.54, 1.807) is 18.2 Å². The molecule has 1 fully saturated rings. The van der Waals surface area contributed by atoms with Crippen molar-refractivity contribution < 1.29 is 9.45 Å². The summed E-state index contributed by atoms with van der Waals surface area (Å²) in [6.45, 7) is 1.81. The van der Waals surface area contributed by atoms with E-state index in [0.717, 1.165) is 25.9 Å². The van der Waals surface area contributed by atoms with Crippen LogP contribution in [0.25, 0.3) is 11.4 Å². The first-order valence-corrected chi connectivity index (χ1v) is 6.54. The number of para-hydroxylation sites is 1. The SMILES string of the molecule is O=[N+]([O-])c1ccccc1-c1noc(C2CCCNC2)n1. The first-order chi connectivity index (χ1) is 9.75. The average molecular weight is 274 g/mol. The molecule has 3 rings (SSSR count). The van der Waals surface area contributed by atoms with Gasteiger partial charge >= 0.3 is 0 Å². The highest BCUT2D eigenvalue weighted by molar-refractivity contribution is 5.67. The lowest BCUT2D eigenvalue weighted by molar-refractivity contribution is -0.384. The van der Waals surface area contributed by atoms with Gasteiger partial charge in [-0.1, -0.05) is 17.3 Å². The summed E-state index contributed by atoms with van der Waals surface area (Å²) in [6.07, 6.45) is 2.05. The fourth-order valence-electron chi connectivity index (χ4n) is 2.39. The lowest BCUT2D eigenvalue weighted by Gasteiger charge is -2.18. The molecule has 1 aliphatic heterocycles. The Labute approximate surface area is 115 Å². The summed E-state index contributed by atoms with van der Waals surface area (Å²) < 4.78 is 5.27. The molecule has 20 heavy (non-hydrogen) atoms. The van der Waals surface area contributed by atoms with E-state index in [9.17, 15) is 10.1 Å². The van der Waals surface area contributed by atoms with Gasteiger partial charge in [0, 0.05) is 12.6 Å². The van der Waals surface area contributed by atoms with Gasteiger partial charge in [-0.25, -0.2) is 0 Å². The van der Waals surface area contributed by atoms with Gasteiger partial charge in [0.25, 0.3) is 5.69 Å². The first-order valence-electron chi connectivity index (χ1n) is 6.54. The molecule has 0 amide bonds. The number of nitro groups is 1. The van der Waals surface area contributed by atoms with Crippen LogP contribution in [-0.2, 0) is 0 Å². The molecule has 2 aromatic rings. The number of nitrogens with zero attached hydrogens (tertiary/aromatic N) is 3. The number of nitrogens with one attached hydrogen (secondary N) is 1. The molecule has 1 atom stereocenters. The zero-order valence-electron chi connectivity index (χ0n) is 10.8. The zero-order chi connectivity index (χ0) is 13.9. The highest BCUT2D eigenvalue weighted by Crippen LogP contribution is 2.29. The molecule has 1 aliphatic rings. The van der Waals surface area contributed by atoms with Gasteiger partial charge < -0.3 is 9.84 Å². The molecule has 1 aromatic carbocycles. The Morgan fingerprint density at radius 3 is 3.00 bits per heavy atom. The lowest BCUT2D eigenvalue weighted by Crippen LogP contribution is -2.28. The maximum Gasteiger partial charge on any atom is 0.280 e. The second-order valence-corrected chi connectivity index (χ2v) is 4.77. The molecular formula is C13H14N4O3. The maximum atomic E-state index is 11.0. The molecule has 104 valence electrons. The maximum absolute atomic E-state index is 11.0. The van der Waals surface area contributed by atoms with E-state index in [2.05, 4.69) is 15.5 Å². The van der Waals surface area contributed by atoms with Crippen molar-refractivity contribution in [1.82, 2.24) is 15.5 Å². The third kappa shape index (κ3) is 2.39. The smallest absolute Gasteiger partial charge is 0.280 e. The standard InChI is InChI=1S/C13H14N4O3/c18-17(19)11-6-2-1-5-10(11)12-15-13(20-16-12)9-4-3-7-14-8-9/h1-2,5-6,9,14H,3-4,7-8H2. The van der Waals surface area contributed by atoms with E-state index in [0.29, 0.717) is 11.5 Å². The van der Waals surface area contributed by atoms with Crippen LogP contribution in [0.3, 0.4) is 0 Å². The summed E-state index contributed by atoms with van der Waals surface area (Å²) in [7, 11) is 0. The summed E-state index contributed by atoms with van der Waals surface area (Å²) in [4.78, 5) is 14.9. The first kappa shape index (κ1) is 12.7. The molecule has 0 radical (unpaired) electrons. The van der Waals surface area contributed by atoms with Crippen LogP contribution in [0, 0.1) is 10.1 Å². The third-order valence-electron chi connectivity index (χ3n) is 3.43. The molecule has 7 heteroatoms. The second kappa shape index (κ2) is 5.38. The van der Waals surface area contributed by atoms with Crippen molar-refractivity contribution in [2.24, 2.45) is 0 Å². The minimum atomic E-state index is -0.437. The van der Waals surface area contributed by atoms with Crippen molar-refractivity contribution in [1.29, 1.82) is 0 Å². The Kier molecular flexibility index (Phi) is 3.42. The van der Waals surface area contributed by atoms with E-state index >= 15 is 0 Å². The van der Waals surface area contributed by atoms with E-state index in [1.165, 1.54) is 6.07 Å². The Morgan fingerprint density at radius 2 is 2.25 bits per heavy atom. The number of hydrogen-bond donors (Lipinski definition) is 1. The van der Waals surface area contributed by atoms with Crippen molar-refractivity contribution in [3.63, 3.8) is 0 Å². The highest BCUT2D eigenvalue weighted by Gasteiger charge is 2.24. The van der Waals surface area contributed by atoms with Gasteiger partial charge in [0.15, 0.2) is 0 Å². The normalized spacial score (nSPS) is 18.9. The van der Waals surface area contributed by atoms with Gasteiger partial charge in [0.2, 0.25) is 11.7 Å². The highest BCUT2D eigenvalue weighted by atomic mass is 16.6. The van der Waals surface area contributed by atoms with E-state index < -0.39 is 4.92 Å². The summed E-state index contributed by atoms with van der Waals surface area (Å²) >= 11 is 0. The van der Waals surface area contributed by atoms with Gasteiger partial charge in [0.1, 0.15) is 5.56 Å². The average Bonchev–Trinajstić information content (AvgIpc) is 2.98. The van der Waals surface area contributed by atoms with Crippen LogP contribution in [0.5, 0.6) is 0 Å². The number of nitro benzene ring substituents is 1. The van der Waals surface area contributed by atoms with Crippen LogP contribution >= 0.6 is 0 Å². The molecular weight excluding hydrogens is 260 g/mol. The number of benzene rings is 1. The largest absolute Gasteiger partial charge is 0.339 e. The Hall–Kier alpha value is -2.28. The quantitative estimate of drug-likeness (QED) is 0.680. The van der Waals surface area contributed by atoms with Crippen molar-refractivity contribution in [2.45, 2.75) is 18.8 Å². The van der Waals surface area contributed by atoms with Crippen LogP contribution in [0.4, 0.5) is 5.69 Å². The third-order valence-corrected chi connectivity index (χ3v) is 3.43. The Bertz CT molecular complexity index is 620. The topological polar surface area (TPSA) is 94.1 Å². The number of hydrogen-bond acceptors (Lipinski definition) is 6. The van der Waals surface area contributed by atoms with Crippen LogP contribution in [0.1, 0.15) is 24.7 Å². The predicted octanol–water partition coefficient (Wildman–Crippen LogP) is 2.11. The van der Waals surface area contributed by atoms with Gasteiger partial charge in [-0.15, -0.1) is 0 Å². The van der Waals surface area contributed by atoms with Gasteiger partial charge in [-0.3, -0.25) is 10.1 Å². The fraction of sp³-hybridized carbons (Fsp3) is 0.385. The monoisotopic (exact) mass is 274 g/mol. The van der Waals surface area contributed by atoms with E-state index in [-0.39, 0.29) is 17.4 Å².